The number of hydrogen-bond acceptors (Lipinski definition) is 5. The molecular weight excluding hydrogens is 316 g/mol. The van der Waals surface area contributed by atoms with Crippen LogP contribution in [-0.2, 0) is 14.8 Å². The maximum atomic E-state index is 12.6. The van der Waals surface area contributed by atoms with E-state index >= 15 is 0 Å². The lowest BCUT2D eigenvalue weighted by atomic mass is 10.1. The maximum Gasteiger partial charge on any atom is 0.250 e. The van der Waals surface area contributed by atoms with Crippen LogP contribution >= 0.6 is 0 Å². The molecule has 1 amide bonds. The standard InChI is InChI=1S/C15H22N4O3S/c20-14(17-11-6-4-5-7-11)13-10-16-18-15(13)23(21,22)19-12-8-2-1-3-9-12/h1-3,8-9,11,13,15-16,18-19H,4-7,10H2,(H,17,20). The fourth-order valence-electron chi connectivity index (χ4n) is 3.11. The fraction of sp³-hybridized carbons (Fsp3) is 0.533. The van der Waals surface area contributed by atoms with Gasteiger partial charge in [-0.2, -0.15) is 0 Å². The molecule has 0 radical (unpaired) electrons. The first-order valence-electron chi connectivity index (χ1n) is 7.92. The molecule has 23 heavy (non-hydrogen) atoms. The Bertz CT molecular complexity index is 644. The van der Waals surface area contributed by atoms with Crippen molar-refractivity contribution in [3.63, 3.8) is 0 Å². The molecule has 126 valence electrons. The number of amides is 1. The monoisotopic (exact) mass is 338 g/mol. The quantitative estimate of drug-likeness (QED) is 0.628. The van der Waals surface area contributed by atoms with E-state index in [0.717, 1.165) is 25.7 Å². The summed E-state index contributed by atoms with van der Waals surface area (Å²) in [5, 5.41) is 1.98. The first kappa shape index (κ1) is 16.2. The van der Waals surface area contributed by atoms with Gasteiger partial charge in [-0.15, -0.1) is 0 Å². The third-order valence-corrected chi connectivity index (χ3v) is 5.97. The number of anilines is 1. The molecule has 1 heterocycles. The minimum Gasteiger partial charge on any atom is -0.353 e. The predicted molar refractivity (Wildman–Crippen MR) is 87.8 cm³/mol. The van der Waals surface area contributed by atoms with Gasteiger partial charge in [0.15, 0.2) is 5.37 Å². The summed E-state index contributed by atoms with van der Waals surface area (Å²) < 4.78 is 27.6. The Morgan fingerprint density at radius 3 is 2.52 bits per heavy atom. The Hall–Kier alpha value is -1.64. The summed E-state index contributed by atoms with van der Waals surface area (Å²) in [6.07, 6.45) is 4.17. The highest BCUT2D eigenvalue weighted by molar-refractivity contribution is 7.93. The molecule has 1 aromatic rings. The highest BCUT2D eigenvalue weighted by Gasteiger charge is 2.42. The van der Waals surface area contributed by atoms with Crippen LogP contribution in [0.5, 0.6) is 0 Å². The minimum absolute atomic E-state index is 0.175. The van der Waals surface area contributed by atoms with Crippen LogP contribution in [0.1, 0.15) is 25.7 Å². The summed E-state index contributed by atoms with van der Waals surface area (Å²) in [6, 6.07) is 8.84. The summed E-state index contributed by atoms with van der Waals surface area (Å²) in [6.45, 7) is 0.291. The Kier molecular flexibility index (Phi) is 4.84. The average Bonchev–Trinajstić information content (AvgIpc) is 3.19. The first-order chi connectivity index (χ1) is 11.1. The summed E-state index contributed by atoms with van der Waals surface area (Å²) in [5.74, 6) is -0.866. The zero-order valence-corrected chi connectivity index (χ0v) is 13.6. The predicted octanol–water partition coefficient (Wildman–Crippen LogP) is 0.537. The number of sulfonamides is 1. The lowest BCUT2D eigenvalue weighted by molar-refractivity contribution is -0.125. The van der Waals surface area contributed by atoms with Gasteiger partial charge in [0.1, 0.15) is 0 Å². The number of benzene rings is 1. The highest BCUT2D eigenvalue weighted by Crippen LogP contribution is 2.21. The van der Waals surface area contributed by atoms with Crippen LogP contribution in [0.25, 0.3) is 0 Å². The van der Waals surface area contributed by atoms with E-state index in [2.05, 4.69) is 20.9 Å². The van der Waals surface area contributed by atoms with Crippen molar-refractivity contribution in [3.8, 4) is 0 Å². The minimum atomic E-state index is -3.73. The average molecular weight is 338 g/mol. The van der Waals surface area contributed by atoms with E-state index in [1.165, 1.54) is 0 Å². The molecule has 1 saturated carbocycles. The van der Waals surface area contributed by atoms with Crippen LogP contribution in [0.15, 0.2) is 30.3 Å². The summed E-state index contributed by atoms with van der Waals surface area (Å²) in [7, 11) is -3.73. The Morgan fingerprint density at radius 1 is 1.13 bits per heavy atom. The van der Waals surface area contributed by atoms with Gasteiger partial charge in [0.25, 0.3) is 10.0 Å². The lowest BCUT2D eigenvalue weighted by Crippen LogP contribution is -2.48. The second-order valence-corrected chi connectivity index (χ2v) is 7.86. The molecule has 1 aliphatic heterocycles. The van der Waals surface area contributed by atoms with Gasteiger partial charge in [0, 0.05) is 18.3 Å². The van der Waals surface area contributed by atoms with Gasteiger partial charge in [-0.1, -0.05) is 31.0 Å². The second kappa shape index (κ2) is 6.86. The molecule has 2 unspecified atom stereocenters. The molecule has 1 saturated heterocycles. The maximum absolute atomic E-state index is 12.6. The SMILES string of the molecule is O=C(NC1CCCC1)C1CNNC1S(=O)(=O)Nc1ccccc1. The molecule has 2 atom stereocenters. The summed E-state index contributed by atoms with van der Waals surface area (Å²) >= 11 is 0. The number of carbonyl (C=O) groups is 1. The molecule has 4 N–H and O–H groups in total. The van der Waals surface area contributed by atoms with Crippen LogP contribution < -0.4 is 20.9 Å². The molecule has 0 bridgehead atoms. The Balaban J connectivity index is 1.68. The van der Waals surface area contributed by atoms with Crippen molar-refractivity contribution in [2.45, 2.75) is 37.1 Å². The molecule has 7 nitrogen and oxygen atoms in total. The van der Waals surface area contributed by atoms with Crippen molar-refractivity contribution in [1.29, 1.82) is 0 Å². The first-order valence-corrected chi connectivity index (χ1v) is 9.46. The number of para-hydroxylation sites is 1. The van der Waals surface area contributed by atoms with Gasteiger partial charge in [-0.3, -0.25) is 14.9 Å². The molecule has 0 aromatic heterocycles. The van der Waals surface area contributed by atoms with Gasteiger partial charge < -0.3 is 5.32 Å². The molecule has 0 spiro atoms. The van der Waals surface area contributed by atoms with Crippen molar-refractivity contribution in [2.75, 3.05) is 11.3 Å². The summed E-state index contributed by atoms with van der Waals surface area (Å²) in [4.78, 5) is 12.4. The van der Waals surface area contributed by atoms with Crippen LogP contribution in [0.4, 0.5) is 5.69 Å². The fourth-order valence-corrected chi connectivity index (χ4v) is 4.60. The van der Waals surface area contributed by atoms with E-state index in [-0.39, 0.29) is 11.9 Å². The van der Waals surface area contributed by atoms with E-state index in [0.29, 0.717) is 12.2 Å². The molecular formula is C15H22N4O3S. The number of carbonyl (C=O) groups excluding carboxylic acids is 1. The van der Waals surface area contributed by atoms with Gasteiger partial charge >= 0.3 is 0 Å². The van der Waals surface area contributed by atoms with Crippen molar-refractivity contribution >= 4 is 21.6 Å². The summed E-state index contributed by atoms with van der Waals surface area (Å²) in [5.41, 5.74) is 5.98. The van der Waals surface area contributed by atoms with Crippen molar-refractivity contribution in [2.24, 2.45) is 5.92 Å². The third kappa shape index (κ3) is 3.82. The molecule has 8 heteroatoms. The number of hydrazine groups is 1. The van der Waals surface area contributed by atoms with E-state index in [9.17, 15) is 13.2 Å². The zero-order chi connectivity index (χ0) is 16.3. The Morgan fingerprint density at radius 2 is 1.83 bits per heavy atom. The zero-order valence-electron chi connectivity index (χ0n) is 12.8. The number of nitrogens with one attached hydrogen (secondary N) is 4. The highest BCUT2D eigenvalue weighted by atomic mass is 32.2. The van der Waals surface area contributed by atoms with E-state index in [1.807, 2.05) is 6.07 Å². The Labute approximate surface area is 136 Å². The smallest absolute Gasteiger partial charge is 0.250 e. The molecule has 1 aromatic carbocycles. The molecule has 2 fully saturated rings. The van der Waals surface area contributed by atoms with E-state index in [1.54, 1.807) is 24.3 Å². The lowest BCUT2D eigenvalue weighted by Gasteiger charge is -2.21. The van der Waals surface area contributed by atoms with Gasteiger partial charge in [-0.05, 0) is 25.0 Å². The molecule has 1 aliphatic carbocycles. The topological polar surface area (TPSA) is 99.3 Å². The van der Waals surface area contributed by atoms with Gasteiger partial charge in [-0.25, -0.2) is 13.8 Å². The van der Waals surface area contributed by atoms with Crippen LogP contribution in [-0.4, -0.2) is 32.3 Å². The van der Waals surface area contributed by atoms with Gasteiger partial charge in [0.2, 0.25) is 5.91 Å². The van der Waals surface area contributed by atoms with E-state index < -0.39 is 21.3 Å². The second-order valence-electron chi connectivity index (χ2n) is 6.06. The van der Waals surface area contributed by atoms with Crippen molar-refractivity contribution < 1.29 is 13.2 Å². The number of hydrogen-bond donors (Lipinski definition) is 4. The van der Waals surface area contributed by atoms with Gasteiger partial charge in [0.05, 0.1) is 5.92 Å². The van der Waals surface area contributed by atoms with Crippen molar-refractivity contribution in [3.05, 3.63) is 30.3 Å². The largest absolute Gasteiger partial charge is 0.353 e. The third-order valence-electron chi connectivity index (χ3n) is 4.34. The van der Waals surface area contributed by atoms with Crippen LogP contribution in [0, 0.1) is 5.92 Å². The molecule has 2 aliphatic rings. The van der Waals surface area contributed by atoms with E-state index in [4.69, 9.17) is 0 Å². The van der Waals surface area contributed by atoms with Crippen molar-refractivity contribution in [1.82, 2.24) is 16.2 Å². The number of rotatable bonds is 5. The van der Waals surface area contributed by atoms with Crippen LogP contribution in [0.3, 0.4) is 0 Å². The molecule has 3 rings (SSSR count). The normalized spacial score (nSPS) is 25.4. The van der Waals surface area contributed by atoms with Crippen LogP contribution in [0.2, 0.25) is 0 Å².